The monoisotopic (exact) mass is 353 g/mol. The number of aromatic nitrogens is 1. The molecule has 0 bridgehead atoms. The lowest BCUT2D eigenvalue weighted by molar-refractivity contribution is 0.398. The highest BCUT2D eigenvalue weighted by Gasteiger charge is 2.17. The van der Waals surface area contributed by atoms with Gasteiger partial charge in [-0.2, -0.15) is 5.26 Å². The fraction of sp³-hybridized carbons (Fsp3) is 0.350. The largest absolute Gasteiger partial charge is 0.497 e. The molecule has 0 saturated carbocycles. The molecular formula is C20H23N3O3. The van der Waals surface area contributed by atoms with Crippen LogP contribution in [0.2, 0.25) is 0 Å². The second kappa shape index (κ2) is 8.86. The van der Waals surface area contributed by atoms with Gasteiger partial charge in [-0.05, 0) is 43.2 Å². The SMILES string of the molecule is CCCCCn1c(O)c(C=Nc2ccc(OC)cc2)c(C)c(C#N)c1=O. The van der Waals surface area contributed by atoms with E-state index < -0.39 is 5.56 Å². The molecular weight excluding hydrogens is 330 g/mol. The van der Waals surface area contributed by atoms with Crippen molar-refractivity contribution in [1.82, 2.24) is 4.57 Å². The molecule has 2 aromatic rings. The van der Waals surface area contributed by atoms with Crippen molar-refractivity contribution in [3.05, 3.63) is 51.3 Å². The molecule has 0 aliphatic heterocycles. The first-order chi connectivity index (χ1) is 12.5. The summed E-state index contributed by atoms with van der Waals surface area (Å²) in [7, 11) is 1.59. The van der Waals surface area contributed by atoms with Gasteiger partial charge in [0, 0.05) is 12.8 Å². The third-order valence-electron chi connectivity index (χ3n) is 4.25. The number of benzene rings is 1. The number of aromatic hydroxyl groups is 1. The number of rotatable bonds is 7. The summed E-state index contributed by atoms with van der Waals surface area (Å²) >= 11 is 0. The minimum atomic E-state index is -0.458. The zero-order valence-corrected chi connectivity index (χ0v) is 15.3. The van der Waals surface area contributed by atoms with Crippen LogP contribution in [0, 0.1) is 18.3 Å². The summed E-state index contributed by atoms with van der Waals surface area (Å²) in [6.07, 6.45) is 4.19. The molecule has 0 aliphatic carbocycles. The topological polar surface area (TPSA) is 87.6 Å². The Hall–Kier alpha value is -3.07. The number of ether oxygens (including phenoxy) is 1. The van der Waals surface area contributed by atoms with Crippen molar-refractivity contribution >= 4 is 11.9 Å². The zero-order chi connectivity index (χ0) is 19.1. The van der Waals surface area contributed by atoms with Crippen molar-refractivity contribution in [1.29, 1.82) is 5.26 Å². The summed E-state index contributed by atoms with van der Waals surface area (Å²) in [5.74, 6) is 0.569. The van der Waals surface area contributed by atoms with Gasteiger partial charge in [0.1, 0.15) is 17.4 Å². The highest BCUT2D eigenvalue weighted by atomic mass is 16.5. The van der Waals surface area contributed by atoms with Crippen LogP contribution >= 0.6 is 0 Å². The van der Waals surface area contributed by atoms with Gasteiger partial charge in [0.15, 0.2) is 0 Å². The third kappa shape index (κ3) is 4.12. The Bertz CT molecular complexity index is 890. The summed E-state index contributed by atoms with van der Waals surface area (Å²) in [6.45, 7) is 4.08. The number of nitriles is 1. The molecule has 0 fully saturated rings. The van der Waals surface area contributed by atoms with Crippen LogP contribution in [0.4, 0.5) is 5.69 Å². The Morgan fingerprint density at radius 2 is 2.00 bits per heavy atom. The van der Waals surface area contributed by atoms with Crippen molar-refractivity contribution in [2.24, 2.45) is 4.99 Å². The van der Waals surface area contributed by atoms with E-state index in [0.29, 0.717) is 23.4 Å². The van der Waals surface area contributed by atoms with E-state index in [1.165, 1.54) is 10.8 Å². The molecule has 0 saturated heterocycles. The third-order valence-corrected chi connectivity index (χ3v) is 4.25. The van der Waals surface area contributed by atoms with E-state index in [1.54, 1.807) is 38.3 Å². The van der Waals surface area contributed by atoms with Crippen molar-refractivity contribution in [3.63, 3.8) is 0 Å². The van der Waals surface area contributed by atoms with Crippen LogP contribution in [0.1, 0.15) is 42.9 Å². The Morgan fingerprint density at radius 1 is 1.31 bits per heavy atom. The molecule has 26 heavy (non-hydrogen) atoms. The van der Waals surface area contributed by atoms with Crippen molar-refractivity contribution in [2.75, 3.05) is 7.11 Å². The van der Waals surface area contributed by atoms with Crippen LogP contribution in [0.25, 0.3) is 0 Å². The van der Waals surface area contributed by atoms with E-state index in [-0.39, 0.29) is 11.4 Å². The second-order valence-corrected chi connectivity index (χ2v) is 5.97. The van der Waals surface area contributed by atoms with Gasteiger partial charge in [-0.1, -0.05) is 19.8 Å². The molecule has 136 valence electrons. The maximum atomic E-state index is 12.5. The number of methoxy groups -OCH3 is 1. The lowest BCUT2D eigenvalue weighted by Crippen LogP contribution is -2.25. The van der Waals surface area contributed by atoms with Gasteiger partial charge >= 0.3 is 0 Å². The molecule has 0 amide bonds. The predicted molar refractivity (Wildman–Crippen MR) is 102 cm³/mol. The number of hydrogen-bond acceptors (Lipinski definition) is 5. The van der Waals surface area contributed by atoms with Gasteiger partial charge in [0.2, 0.25) is 5.88 Å². The first-order valence-corrected chi connectivity index (χ1v) is 8.58. The summed E-state index contributed by atoms with van der Waals surface area (Å²) in [6, 6.07) is 9.08. The van der Waals surface area contributed by atoms with Crippen LogP contribution < -0.4 is 10.3 Å². The van der Waals surface area contributed by atoms with Crippen LogP contribution in [-0.2, 0) is 6.54 Å². The van der Waals surface area contributed by atoms with E-state index in [9.17, 15) is 15.2 Å². The molecule has 1 N–H and O–H groups in total. The molecule has 6 nitrogen and oxygen atoms in total. The first kappa shape index (κ1) is 19.3. The number of unbranched alkanes of at least 4 members (excludes halogenated alkanes) is 2. The second-order valence-electron chi connectivity index (χ2n) is 5.97. The van der Waals surface area contributed by atoms with Gasteiger partial charge in [0.25, 0.3) is 5.56 Å². The van der Waals surface area contributed by atoms with Crippen LogP contribution in [0.3, 0.4) is 0 Å². The number of pyridine rings is 1. The summed E-state index contributed by atoms with van der Waals surface area (Å²) in [5.41, 5.74) is 1.06. The van der Waals surface area contributed by atoms with E-state index in [0.717, 1.165) is 25.0 Å². The Balaban J connectivity index is 2.45. The van der Waals surface area contributed by atoms with Crippen LogP contribution in [0.15, 0.2) is 34.1 Å². The number of aliphatic imine (C=N–C) groups is 1. The predicted octanol–water partition coefficient (Wildman–Crippen LogP) is 3.68. The van der Waals surface area contributed by atoms with Crippen LogP contribution in [0.5, 0.6) is 11.6 Å². The Labute approximate surface area is 153 Å². The molecule has 1 aromatic heterocycles. The van der Waals surface area contributed by atoms with Gasteiger partial charge in [-0.15, -0.1) is 0 Å². The minimum Gasteiger partial charge on any atom is -0.497 e. The first-order valence-electron chi connectivity index (χ1n) is 8.58. The summed E-state index contributed by atoms with van der Waals surface area (Å²) in [4.78, 5) is 16.8. The molecule has 1 aromatic carbocycles. The lowest BCUT2D eigenvalue weighted by atomic mass is 10.1. The van der Waals surface area contributed by atoms with Crippen LogP contribution in [-0.4, -0.2) is 23.0 Å². The van der Waals surface area contributed by atoms with Gasteiger partial charge in [-0.25, -0.2) is 0 Å². The minimum absolute atomic E-state index is 0.0375. The lowest BCUT2D eigenvalue weighted by Gasteiger charge is -2.13. The van der Waals surface area contributed by atoms with Crippen molar-refractivity contribution in [2.45, 2.75) is 39.7 Å². The fourth-order valence-corrected chi connectivity index (χ4v) is 2.66. The molecule has 0 unspecified atom stereocenters. The van der Waals surface area contributed by atoms with E-state index in [2.05, 4.69) is 11.9 Å². The molecule has 1 heterocycles. The molecule has 6 heteroatoms. The number of hydrogen-bond donors (Lipinski definition) is 1. The van der Waals surface area contributed by atoms with Crippen molar-refractivity contribution in [3.8, 4) is 17.7 Å². The van der Waals surface area contributed by atoms with E-state index >= 15 is 0 Å². The average Bonchev–Trinajstić information content (AvgIpc) is 2.65. The molecule has 0 radical (unpaired) electrons. The fourth-order valence-electron chi connectivity index (χ4n) is 2.66. The normalized spacial score (nSPS) is 10.8. The maximum absolute atomic E-state index is 12.5. The maximum Gasteiger partial charge on any atom is 0.271 e. The standard InChI is InChI=1S/C20H23N3O3/c1-4-5-6-11-23-19(24)17(12-21)14(2)18(20(23)25)13-22-15-7-9-16(26-3)10-8-15/h7-10,13,25H,4-6,11H2,1-3H3. The highest BCUT2D eigenvalue weighted by Crippen LogP contribution is 2.22. The number of nitrogens with zero attached hydrogens (tertiary/aromatic N) is 3. The quantitative estimate of drug-likeness (QED) is 0.607. The van der Waals surface area contributed by atoms with Gasteiger partial charge < -0.3 is 9.84 Å². The summed E-state index contributed by atoms with van der Waals surface area (Å²) in [5, 5.41) is 19.9. The summed E-state index contributed by atoms with van der Waals surface area (Å²) < 4.78 is 6.37. The molecule has 2 rings (SSSR count). The molecule has 0 aliphatic rings. The van der Waals surface area contributed by atoms with E-state index in [4.69, 9.17) is 4.74 Å². The average molecular weight is 353 g/mol. The van der Waals surface area contributed by atoms with Gasteiger partial charge in [-0.3, -0.25) is 14.4 Å². The Kier molecular flexibility index (Phi) is 6.56. The Morgan fingerprint density at radius 3 is 2.58 bits per heavy atom. The molecule has 0 atom stereocenters. The smallest absolute Gasteiger partial charge is 0.271 e. The van der Waals surface area contributed by atoms with Crippen molar-refractivity contribution < 1.29 is 9.84 Å². The van der Waals surface area contributed by atoms with Gasteiger partial charge in [0.05, 0.1) is 18.4 Å². The zero-order valence-electron chi connectivity index (χ0n) is 15.3. The molecule has 0 spiro atoms. The highest BCUT2D eigenvalue weighted by molar-refractivity contribution is 5.87. The van der Waals surface area contributed by atoms with E-state index in [1.807, 2.05) is 6.07 Å².